The Labute approximate surface area is 205 Å². The maximum Gasteiger partial charge on any atom is 0.296 e. The van der Waals surface area contributed by atoms with Gasteiger partial charge in [0, 0.05) is 12.1 Å². The van der Waals surface area contributed by atoms with Crippen molar-refractivity contribution in [1.82, 2.24) is 4.90 Å². The van der Waals surface area contributed by atoms with Crippen molar-refractivity contribution < 1.29 is 23.8 Å². The molecule has 6 nitrogen and oxygen atoms in total. The van der Waals surface area contributed by atoms with Crippen LogP contribution < -0.4 is 4.74 Å². The van der Waals surface area contributed by atoms with Crippen molar-refractivity contribution in [1.29, 1.82) is 0 Å². The number of rotatable bonds is 7. The molecule has 2 heterocycles. The first-order chi connectivity index (χ1) is 16.7. The number of hydrogen-bond acceptors (Lipinski definition) is 5. The van der Waals surface area contributed by atoms with Crippen molar-refractivity contribution in [3.05, 3.63) is 93.9 Å². The topological polar surface area (TPSA) is 80.0 Å². The number of carbonyl (C=O) groups is 2. The molecule has 6 heteroatoms. The monoisotopic (exact) mass is 473 g/mol. The molecule has 1 fully saturated rings. The van der Waals surface area contributed by atoms with Crippen molar-refractivity contribution in [2.75, 3.05) is 6.61 Å². The van der Waals surface area contributed by atoms with Gasteiger partial charge < -0.3 is 19.2 Å². The molecule has 3 aromatic rings. The Morgan fingerprint density at radius 1 is 1.06 bits per heavy atom. The summed E-state index contributed by atoms with van der Waals surface area (Å²) in [5.41, 5.74) is 4.31. The molecule has 1 saturated heterocycles. The normalized spacial score (nSPS) is 17.4. The fourth-order valence-corrected chi connectivity index (χ4v) is 4.31. The molecule has 0 aliphatic carbocycles. The van der Waals surface area contributed by atoms with Gasteiger partial charge in [-0.25, -0.2) is 0 Å². The minimum atomic E-state index is -0.831. The number of nitrogens with zero attached hydrogens (tertiary/aromatic N) is 1. The van der Waals surface area contributed by atoms with Crippen molar-refractivity contribution in [2.24, 2.45) is 5.92 Å². The maximum absolute atomic E-state index is 13.2. The van der Waals surface area contributed by atoms with Crippen molar-refractivity contribution in [3.8, 4) is 5.75 Å². The van der Waals surface area contributed by atoms with Crippen LogP contribution in [0.15, 0.2) is 64.8 Å². The van der Waals surface area contributed by atoms with E-state index in [0.717, 1.165) is 22.3 Å². The number of hydrogen-bond donors (Lipinski definition) is 1. The van der Waals surface area contributed by atoms with Crippen LogP contribution in [0.5, 0.6) is 5.75 Å². The summed E-state index contributed by atoms with van der Waals surface area (Å²) in [4.78, 5) is 27.9. The van der Waals surface area contributed by atoms with Crippen LogP contribution in [-0.4, -0.2) is 28.3 Å². The molecule has 1 amide bonds. The van der Waals surface area contributed by atoms with E-state index >= 15 is 0 Å². The number of furan rings is 1. The van der Waals surface area contributed by atoms with Gasteiger partial charge >= 0.3 is 0 Å². The first kappa shape index (κ1) is 24.3. The average Bonchev–Trinajstić information content (AvgIpc) is 3.43. The Bertz CT molecular complexity index is 1290. The van der Waals surface area contributed by atoms with Gasteiger partial charge in [-0.05, 0) is 73.7 Å². The number of aliphatic hydroxyl groups is 1. The van der Waals surface area contributed by atoms with E-state index in [9.17, 15) is 14.7 Å². The Hall–Kier alpha value is -3.80. The summed E-state index contributed by atoms with van der Waals surface area (Å²) in [6.45, 7) is 10.8. The smallest absolute Gasteiger partial charge is 0.296 e. The largest absolute Gasteiger partial charge is 0.507 e. The standard InChI is InChI=1S/C29H31NO5/c1-17(2)16-35-23-11-10-21(14-20(23)5)27(31)25-26(24-7-6-12-34-24)30(29(33)28(25)32)15-22-13-18(3)8-9-19(22)4/h6-14,17,26,31H,15-16H2,1-5H3/b27-25-. The van der Waals surface area contributed by atoms with Crippen molar-refractivity contribution in [3.63, 3.8) is 0 Å². The highest BCUT2D eigenvalue weighted by Crippen LogP contribution is 2.41. The fourth-order valence-electron chi connectivity index (χ4n) is 4.31. The van der Waals surface area contributed by atoms with Crippen LogP contribution in [-0.2, 0) is 16.1 Å². The molecule has 1 N–H and O–H groups in total. The van der Waals surface area contributed by atoms with Gasteiger partial charge in [0.1, 0.15) is 23.3 Å². The van der Waals surface area contributed by atoms with Gasteiger partial charge in [-0.1, -0.05) is 37.6 Å². The minimum Gasteiger partial charge on any atom is -0.507 e. The number of aryl methyl sites for hydroxylation is 3. The third kappa shape index (κ3) is 4.87. The number of ketones is 1. The molecule has 0 spiro atoms. The SMILES string of the molecule is Cc1ccc(C)c(CN2C(=O)C(=O)/C(=C(\O)c3ccc(OCC(C)C)c(C)c3)C2c2ccco2)c1. The van der Waals surface area contributed by atoms with E-state index in [4.69, 9.17) is 9.15 Å². The van der Waals surface area contributed by atoms with E-state index < -0.39 is 17.7 Å². The quantitative estimate of drug-likeness (QED) is 0.264. The summed E-state index contributed by atoms with van der Waals surface area (Å²) in [6.07, 6.45) is 1.50. The minimum absolute atomic E-state index is 0.0190. The lowest BCUT2D eigenvalue weighted by molar-refractivity contribution is -0.140. The number of benzene rings is 2. The molecule has 1 aliphatic rings. The van der Waals surface area contributed by atoms with Crippen LogP contribution in [0, 0.1) is 26.7 Å². The number of aliphatic hydroxyl groups excluding tert-OH is 1. The summed E-state index contributed by atoms with van der Waals surface area (Å²) < 4.78 is 11.5. The number of likely N-dealkylation sites (tertiary alicyclic amines) is 1. The van der Waals surface area contributed by atoms with Crippen molar-refractivity contribution >= 4 is 17.4 Å². The maximum atomic E-state index is 13.2. The van der Waals surface area contributed by atoms with E-state index in [1.165, 1.54) is 11.2 Å². The number of Topliss-reactive ketones (excluding diaryl/α,β-unsaturated/α-hetero) is 1. The first-order valence-electron chi connectivity index (χ1n) is 11.8. The number of ether oxygens (including phenoxy) is 1. The fraction of sp³-hybridized carbons (Fsp3) is 0.310. The van der Waals surface area contributed by atoms with Gasteiger partial charge in [-0.2, -0.15) is 0 Å². The summed E-state index contributed by atoms with van der Waals surface area (Å²) in [6, 6.07) is 13.8. The van der Waals surface area contributed by atoms with Gasteiger partial charge in [-0.3, -0.25) is 9.59 Å². The van der Waals surface area contributed by atoms with E-state index in [-0.39, 0.29) is 17.9 Å². The zero-order chi connectivity index (χ0) is 25.3. The van der Waals surface area contributed by atoms with E-state index in [1.54, 1.807) is 30.3 Å². The van der Waals surface area contributed by atoms with E-state index in [0.29, 0.717) is 29.6 Å². The third-order valence-electron chi connectivity index (χ3n) is 6.22. The van der Waals surface area contributed by atoms with E-state index in [1.807, 2.05) is 39.0 Å². The van der Waals surface area contributed by atoms with Crippen LogP contribution in [0.2, 0.25) is 0 Å². The third-order valence-corrected chi connectivity index (χ3v) is 6.22. The summed E-state index contributed by atoms with van der Waals surface area (Å²) in [7, 11) is 0. The van der Waals surface area contributed by atoms with Gasteiger partial charge in [0.2, 0.25) is 0 Å². The lowest BCUT2D eigenvalue weighted by Crippen LogP contribution is -2.29. The Morgan fingerprint density at radius 2 is 1.83 bits per heavy atom. The van der Waals surface area contributed by atoms with Crippen LogP contribution in [0.1, 0.15) is 53.5 Å². The lowest BCUT2D eigenvalue weighted by atomic mass is 9.98. The molecular formula is C29H31NO5. The van der Waals surface area contributed by atoms with Gasteiger partial charge in [0.25, 0.3) is 11.7 Å². The zero-order valence-electron chi connectivity index (χ0n) is 20.8. The average molecular weight is 474 g/mol. The molecule has 0 saturated carbocycles. The van der Waals surface area contributed by atoms with Gasteiger partial charge in [0.05, 0.1) is 18.4 Å². The van der Waals surface area contributed by atoms with Crippen molar-refractivity contribution in [2.45, 2.75) is 47.2 Å². The van der Waals surface area contributed by atoms with Crippen LogP contribution in [0.4, 0.5) is 0 Å². The van der Waals surface area contributed by atoms with Gasteiger partial charge in [-0.15, -0.1) is 0 Å². The molecule has 182 valence electrons. The molecular weight excluding hydrogens is 442 g/mol. The molecule has 4 rings (SSSR count). The Morgan fingerprint density at radius 3 is 2.49 bits per heavy atom. The number of carbonyl (C=O) groups excluding carboxylic acids is 2. The van der Waals surface area contributed by atoms with Crippen LogP contribution >= 0.6 is 0 Å². The van der Waals surface area contributed by atoms with E-state index in [2.05, 4.69) is 13.8 Å². The predicted octanol–water partition coefficient (Wildman–Crippen LogP) is 5.86. The molecule has 1 unspecified atom stereocenters. The summed E-state index contributed by atoms with van der Waals surface area (Å²) in [5.74, 6) is -0.108. The molecule has 0 bridgehead atoms. The molecule has 35 heavy (non-hydrogen) atoms. The van der Waals surface area contributed by atoms with Gasteiger partial charge in [0.15, 0.2) is 0 Å². The van der Waals surface area contributed by atoms with Crippen LogP contribution in [0.25, 0.3) is 5.76 Å². The summed E-state index contributed by atoms with van der Waals surface area (Å²) in [5, 5.41) is 11.3. The Kier molecular flexibility index (Phi) is 6.83. The predicted molar refractivity (Wildman–Crippen MR) is 134 cm³/mol. The summed E-state index contributed by atoms with van der Waals surface area (Å²) >= 11 is 0. The second-order valence-electron chi connectivity index (χ2n) is 9.56. The molecule has 1 atom stereocenters. The molecule has 1 aliphatic heterocycles. The number of amides is 1. The lowest BCUT2D eigenvalue weighted by Gasteiger charge is -2.24. The molecule has 2 aromatic carbocycles. The first-order valence-corrected chi connectivity index (χ1v) is 11.8. The molecule has 0 radical (unpaired) electrons. The highest BCUT2D eigenvalue weighted by Gasteiger charge is 2.47. The highest BCUT2D eigenvalue weighted by molar-refractivity contribution is 6.46. The second-order valence-corrected chi connectivity index (χ2v) is 9.56. The zero-order valence-corrected chi connectivity index (χ0v) is 20.8. The highest BCUT2D eigenvalue weighted by atomic mass is 16.5. The van der Waals surface area contributed by atoms with Crippen LogP contribution in [0.3, 0.4) is 0 Å². The molecule has 1 aromatic heterocycles. The Balaban J connectivity index is 1.77. The second kappa shape index (κ2) is 9.82.